The second-order valence-electron chi connectivity index (χ2n) is 5.43. The van der Waals surface area contributed by atoms with Crippen molar-refractivity contribution in [2.45, 2.75) is 33.0 Å². The lowest BCUT2D eigenvalue weighted by atomic mass is 10.1. The lowest BCUT2D eigenvalue weighted by Crippen LogP contribution is -2.38. The fraction of sp³-hybridized carbons (Fsp3) is 0.412. The van der Waals surface area contributed by atoms with Gasteiger partial charge in [-0.25, -0.2) is 9.98 Å². The molecule has 0 aliphatic heterocycles. The zero-order valence-corrected chi connectivity index (χ0v) is 15.0. The van der Waals surface area contributed by atoms with E-state index in [1.807, 2.05) is 20.0 Å². The average molecular weight is 370 g/mol. The predicted molar refractivity (Wildman–Crippen MR) is 94.8 cm³/mol. The van der Waals surface area contributed by atoms with Crippen molar-refractivity contribution in [2.75, 3.05) is 13.1 Å². The topological polar surface area (TPSA) is 49.3 Å². The van der Waals surface area contributed by atoms with Gasteiger partial charge in [-0.3, -0.25) is 0 Å². The van der Waals surface area contributed by atoms with Crippen LogP contribution in [0.1, 0.15) is 27.9 Å². The highest BCUT2D eigenvalue weighted by Crippen LogP contribution is 2.29. The molecule has 0 bridgehead atoms. The molecule has 0 radical (unpaired) electrons. The third-order valence-electron chi connectivity index (χ3n) is 3.32. The first-order valence-corrected chi connectivity index (χ1v) is 8.79. The molecule has 1 aromatic heterocycles. The van der Waals surface area contributed by atoms with E-state index in [1.165, 1.54) is 10.9 Å². The summed E-state index contributed by atoms with van der Waals surface area (Å²) in [6.07, 6.45) is -1.73. The first-order chi connectivity index (χ1) is 11.9. The molecule has 1 heterocycles. The monoisotopic (exact) mass is 370 g/mol. The number of aryl methyl sites for hydroxylation is 1. The van der Waals surface area contributed by atoms with Crippen LogP contribution in [0, 0.1) is 6.92 Å². The number of hydrogen-bond acceptors (Lipinski definition) is 3. The summed E-state index contributed by atoms with van der Waals surface area (Å²) >= 11 is 1.65. The molecule has 2 aromatic rings. The van der Waals surface area contributed by atoms with Crippen molar-refractivity contribution in [1.29, 1.82) is 0 Å². The molecule has 2 rings (SSSR count). The van der Waals surface area contributed by atoms with E-state index in [2.05, 4.69) is 20.6 Å². The standard InChI is InChI=1S/C17H21F3N4S/c1-3-21-16(22-8-7-15-23-10-12(2)25-15)24-11-13-5-4-6-14(9-13)17(18,19)20/h4-6,9-10H,3,7-8,11H2,1-2H3,(H2,21,22,24). The van der Waals surface area contributed by atoms with E-state index in [-0.39, 0.29) is 6.54 Å². The minimum atomic E-state index is -4.34. The molecule has 0 fully saturated rings. The Morgan fingerprint density at radius 3 is 2.72 bits per heavy atom. The maximum Gasteiger partial charge on any atom is 0.416 e. The maximum absolute atomic E-state index is 12.8. The lowest BCUT2D eigenvalue weighted by molar-refractivity contribution is -0.137. The van der Waals surface area contributed by atoms with Gasteiger partial charge in [0.2, 0.25) is 0 Å². The third-order valence-corrected chi connectivity index (χ3v) is 4.29. The van der Waals surface area contributed by atoms with E-state index < -0.39 is 11.7 Å². The van der Waals surface area contributed by atoms with E-state index in [1.54, 1.807) is 17.4 Å². The number of alkyl halides is 3. The minimum Gasteiger partial charge on any atom is -0.357 e. The van der Waals surface area contributed by atoms with Crippen LogP contribution in [0.25, 0.3) is 0 Å². The molecule has 0 atom stereocenters. The van der Waals surface area contributed by atoms with Gasteiger partial charge < -0.3 is 10.6 Å². The molecule has 0 amide bonds. The van der Waals surface area contributed by atoms with Crippen LogP contribution in [-0.4, -0.2) is 24.0 Å². The number of halogens is 3. The molecule has 25 heavy (non-hydrogen) atoms. The van der Waals surface area contributed by atoms with E-state index >= 15 is 0 Å². The molecule has 0 aliphatic rings. The van der Waals surface area contributed by atoms with Gasteiger partial charge in [-0.15, -0.1) is 11.3 Å². The molecule has 4 nitrogen and oxygen atoms in total. The molecule has 0 saturated heterocycles. The van der Waals surface area contributed by atoms with Gasteiger partial charge in [-0.05, 0) is 31.5 Å². The van der Waals surface area contributed by atoms with Crippen molar-refractivity contribution >= 4 is 17.3 Å². The van der Waals surface area contributed by atoms with E-state index in [0.29, 0.717) is 24.6 Å². The molecule has 0 spiro atoms. The molecule has 2 N–H and O–H groups in total. The summed E-state index contributed by atoms with van der Waals surface area (Å²) in [7, 11) is 0. The second-order valence-corrected chi connectivity index (χ2v) is 6.75. The summed E-state index contributed by atoms with van der Waals surface area (Å²) in [5, 5.41) is 7.31. The molecular formula is C17H21F3N4S. The van der Waals surface area contributed by atoms with Crippen LogP contribution in [0.4, 0.5) is 13.2 Å². The van der Waals surface area contributed by atoms with Crippen LogP contribution >= 0.6 is 11.3 Å². The zero-order chi connectivity index (χ0) is 18.3. The third kappa shape index (κ3) is 6.38. The lowest BCUT2D eigenvalue weighted by Gasteiger charge is -2.11. The van der Waals surface area contributed by atoms with Gasteiger partial charge in [0.05, 0.1) is 17.1 Å². The van der Waals surface area contributed by atoms with Crippen LogP contribution in [0.5, 0.6) is 0 Å². The van der Waals surface area contributed by atoms with Gasteiger partial charge in [0.25, 0.3) is 0 Å². The van der Waals surface area contributed by atoms with Crippen LogP contribution in [-0.2, 0) is 19.1 Å². The molecule has 0 aliphatic carbocycles. The Kier molecular flexibility index (Phi) is 6.81. The molecular weight excluding hydrogens is 349 g/mol. The largest absolute Gasteiger partial charge is 0.416 e. The number of rotatable bonds is 6. The Labute approximate surface area is 149 Å². The highest BCUT2D eigenvalue weighted by Gasteiger charge is 2.30. The van der Waals surface area contributed by atoms with Gasteiger partial charge in [0.1, 0.15) is 0 Å². The fourth-order valence-corrected chi connectivity index (χ4v) is 2.95. The zero-order valence-electron chi connectivity index (χ0n) is 14.2. The Morgan fingerprint density at radius 2 is 2.08 bits per heavy atom. The minimum absolute atomic E-state index is 0.176. The van der Waals surface area contributed by atoms with Crippen molar-refractivity contribution in [1.82, 2.24) is 15.6 Å². The number of thiazole rings is 1. The van der Waals surface area contributed by atoms with Gasteiger partial charge in [-0.2, -0.15) is 13.2 Å². The number of aromatic nitrogens is 1. The number of benzene rings is 1. The van der Waals surface area contributed by atoms with Crippen LogP contribution in [0.2, 0.25) is 0 Å². The van der Waals surface area contributed by atoms with Crippen molar-refractivity contribution in [3.05, 3.63) is 51.5 Å². The second kappa shape index (κ2) is 8.84. The summed E-state index contributed by atoms with van der Waals surface area (Å²) in [5.41, 5.74) is -0.139. The number of guanidine groups is 1. The quantitative estimate of drug-likeness (QED) is 0.601. The number of nitrogens with zero attached hydrogens (tertiary/aromatic N) is 2. The Bertz CT molecular complexity index is 710. The predicted octanol–water partition coefficient (Wildman–Crippen LogP) is 3.77. The molecule has 0 saturated carbocycles. The molecule has 1 aromatic carbocycles. The Balaban J connectivity index is 1.94. The van der Waals surface area contributed by atoms with Crippen LogP contribution in [0.3, 0.4) is 0 Å². The number of aliphatic imine (C=N–C) groups is 1. The smallest absolute Gasteiger partial charge is 0.357 e. The first-order valence-electron chi connectivity index (χ1n) is 7.98. The van der Waals surface area contributed by atoms with Gasteiger partial charge >= 0.3 is 6.18 Å². The summed E-state index contributed by atoms with van der Waals surface area (Å²) in [6.45, 7) is 5.45. The van der Waals surface area contributed by atoms with Gasteiger partial charge in [0, 0.05) is 30.6 Å². The number of hydrogen-bond donors (Lipinski definition) is 2. The highest BCUT2D eigenvalue weighted by atomic mass is 32.1. The van der Waals surface area contributed by atoms with E-state index in [0.717, 1.165) is 23.6 Å². The van der Waals surface area contributed by atoms with Crippen molar-refractivity contribution in [3.63, 3.8) is 0 Å². The van der Waals surface area contributed by atoms with Crippen LogP contribution in [0.15, 0.2) is 35.5 Å². The summed E-state index contributed by atoms with van der Waals surface area (Å²) in [6, 6.07) is 5.23. The van der Waals surface area contributed by atoms with E-state index in [9.17, 15) is 13.2 Å². The normalized spacial score (nSPS) is 12.3. The fourth-order valence-electron chi connectivity index (χ4n) is 2.16. The SMILES string of the molecule is CCNC(=NCc1cccc(C(F)(F)F)c1)NCCc1ncc(C)s1. The van der Waals surface area contributed by atoms with Crippen molar-refractivity contribution < 1.29 is 13.2 Å². The van der Waals surface area contributed by atoms with Crippen LogP contribution < -0.4 is 10.6 Å². The van der Waals surface area contributed by atoms with E-state index in [4.69, 9.17) is 0 Å². The first kappa shape index (κ1) is 19.2. The van der Waals surface area contributed by atoms with Crippen molar-refractivity contribution in [3.8, 4) is 0 Å². The van der Waals surface area contributed by atoms with Crippen molar-refractivity contribution in [2.24, 2.45) is 4.99 Å². The summed E-state index contributed by atoms with van der Waals surface area (Å²) < 4.78 is 38.3. The van der Waals surface area contributed by atoms with Gasteiger partial charge in [-0.1, -0.05) is 12.1 Å². The van der Waals surface area contributed by atoms with Gasteiger partial charge in [0.15, 0.2) is 5.96 Å². The molecule has 0 unspecified atom stereocenters. The maximum atomic E-state index is 12.8. The Hall–Kier alpha value is -2.09. The highest BCUT2D eigenvalue weighted by molar-refractivity contribution is 7.11. The summed E-state index contributed by atoms with van der Waals surface area (Å²) in [4.78, 5) is 9.82. The summed E-state index contributed by atoms with van der Waals surface area (Å²) in [5.74, 6) is 0.577. The molecule has 8 heteroatoms. The molecule has 136 valence electrons. The average Bonchev–Trinajstić information content (AvgIpc) is 2.97. The number of nitrogens with one attached hydrogen (secondary N) is 2. The Morgan fingerprint density at radius 1 is 1.28 bits per heavy atom.